The normalized spacial score (nSPS) is 12.0. The monoisotopic (exact) mass is 479 g/mol. The summed E-state index contributed by atoms with van der Waals surface area (Å²) in [6.07, 6.45) is 4.97. The molecule has 2 N–H and O–H groups in total. The number of nitrogens with zero attached hydrogens (tertiary/aromatic N) is 1. The number of carbonyl (C=O) groups is 2. The minimum atomic E-state index is -0.524. The number of hydrogen-bond acceptors (Lipinski definition) is 4. The van der Waals surface area contributed by atoms with Crippen LogP contribution >= 0.6 is 27.3 Å². The minimum absolute atomic E-state index is 0.103. The van der Waals surface area contributed by atoms with E-state index < -0.39 is 5.91 Å². The lowest BCUT2D eigenvalue weighted by Crippen LogP contribution is -2.32. The van der Waals surface area contributed by atoms with E-state index >= 15 is 0 Å². The molecule has 1 heterocycles. The van der Waals surface area contributed by atoms with E-state index in [9.17, 15) is 9.59 Å². The average Bonchev–Trinajstić information content (AvgIpc) is 3.27. The van der Waals surface area contributed by atoms with Gasteiger partial charge >= 0.3 is 0 Å². The van der Waals surface area contributed by atoms with Gasteiger partial charge in [0.05, 0.1) is 6.21 Å². The van der Waals surface area contributed by atoms with Crippen LogP contribution in [0.2, 0.25) is 0 Å². The maximum Gasteiger partial charge on any atom is 0.287 e. The van der Waals surface area contributed by atoms with E-state index in [1.54, 1.807) is 30.3 Å². The molecule has 0 radical (unpaired) electrons. The molecule has 0 aliphatic carbocycles. The molecule has 3 aromatic rings. The van der Waals surface area contributed by atoms with Crippen LogP contribution in [-0.4, -0.2) is 18.0 Å². The highest BCUT2D eigenvalue weighted by molar-refractivity contribution is 9.12. The van der Waals surface area contributed by atoms with Crippen molar-refractivity contribution in [3.05, 3.63) is 104 Å². The number of hydrogen-bond donors (Lipinski definition) is 2. The van der Waals surface area contributed by atoms with Crippen molar-refractivity contribution in [3.63, 3.8) is 0 Å². The van der Waals surface area contributed by atoms with Crippen LogP contribution in [0, 0.1) is 0 Å². The summed E-state index contributed by atoms with van der Waals surface area (Å²) < 4.78 is 0.686. The number of halogens is 1. The van der Waals surface area contributed by atoms with Gasteiger partial charge in [-0.3, -0.25) is 9.59 Å². The predicted molar refractivity (Wildman–Crippen MR) is 126 cm³/mol. The molecule has 0 bridgehead atoms. The van der Waals surface area contributed by atoms with E-state index in [-0.39, 0.29) is 11.6 Å². The third-order valence-electron chi connectivity index (χ3n) is 3.82. The van der Waals surface area contributed by atoms with Crippen molar-refractivity contribution in [2.45, 2.75) is 0 Å². The first-order valence-electron chi connectivity index (χ1n) is 8.99. The van der Waals surface area contributed by atoms with Gasteiger partial charge in [0, 0.05) is 14.9 Å². The summed E-state index contributed by atoms with van der Waals surface area (Å²) in [5, 5.41) is 8.53. The SMILES string of the molecule is O=C(NN=C/C(Br)=C\c1ccccc1)/C(=C\c1cccs1)NC(=O)c1ccccc1. The van der Waals surface area contributed by atoms with Gasteiger partial charge in [0.1, 0.15) is 5.70 Å². The molecule has 0 fully saturated rings. The number of benzene rings is 2. The standard InChI is InChI=1S/C23H18BrN3O2S/c24-19(14-17-8-3-1-4-9-17)16-25-27-23(29)21(15-20-12-7-13-30-20)26-22(28)18-10-5-2-6-11-18/h1-16H,(H,26,28)(H,27,29)/b19-14+,21-15+,25-16?. The Kier molecular flexibility index (Phi) is 7.88. The Labute approximate surface area is 187 Å². The first-order valence-corrected chi connectivity index (χ1v) is 10.7. The Balaban J connectivity index is 1.71. The van der Waals surface area contributed by atoms with Gasteiger partial charge < -0.3 is 5.32 Å². The molecule has 7 heteroatoms. The molecular weight excluding hydrogens is 462 g/mol. The van der Waals surface area contributed by atoms with Gasteiger partial charge in [0.2, 0.25) is 0 Å². The largest absolute Gasteiger partial charge is 0.317 e. The molecule has 0 aliphatic rings. The molecular formula is C23H18BrN3O2S. The van der Waals surface area contributed by atoms with Crippen molar-refractivity contribution in [2.75, 3.05) is 0 Å². The third-order valence-corrected chi connectivity index (χ3v) is 5.07. The predicted octanol–water partition coefficient (Wildman–Crippen LogP) is 5.06. The summed E-state index contributed by atoms with van der Waals surface area (Å²) in [6.45, 7) is 0. The molecule has 0 atom stereocenters. The van der Waals surface area contributed by atoms with E-state index in [0.29, 0.717) is 10.0 Å². The average molecular weight is 480 g/mol. The van der Waals surface area contributed by atoms with Gasteiger partial charge in [-0.2, -0.15) is 5.10 Å². The minimum Gasteiger partial charge on any atom is -0.317 e. The van der Waals surface area contributed by atoms with Crippen molar-refractivity contribution < 1.29 is 9.59 Å². The van der Waals surface area contributed by atoms with Crippen molar-refractivity contribution in [1.29, 1.82) is 0 Å². The summed E-state index contributed by atoms with van der Waals surface area (Å²) in [7, 11) is 0. The van der Waals surface area contributed by atoms with Gasteiger partial charge in [-0.15, -0.1) is 11.3 Å². The van der Waals surface area contributed by atoms with Crippen LogP contribution < -0.4 is 10.7 Å². The number of carbonyl (C=O) groups excluding carboxylic acids is 2. The Hall–Kier alpha value is -3.29. The summed E-state index contributed by atoms with van der Waals surface area (Å²) in [6, 6.07) is 22.1. The van der Waals surface area contributed by atoms with Crippen LogP contribution in [0.1, 0.15) is 20.8 Å². The quantitative estimate of drug-likeness (QED) is 0.282. The van der Waals surface area contributed by atoms with Gasteiger partial charge in [-0.25, -0.2) is 5.43 Å². The zero-order chi connectivity index (χ0) is 21.2. The molecule has 150 valence electrons. The van der Waals surface area contributed by atoms with Gasteiger partial charge in [0.15, 0.2) is 0 Å². The molecule has 3 rings (SSSR count). The molecule has 5 nitrogen and oxygen atoms in total. The number of nitrogens with one attached hydrogen (secondary N) is 2. The van der Waals surface area contributed by atoms with Crippen molar-refractivity contribution >= 4 is 57.4 Å². The zero-order valence-corrected chi connectivity index (χ0v) is 18.2. The van der Waals surface area contributed by atoms with Crippen molar-refractivity contribution in [3.8, 4) is 0 Å². The maximum absolute atomic E-state index is 12.6. The molecule has 0 saturated heterocycles. The fourth-order valence-corrected chi connectivity index (χ4v) is 3.44. The number of amides is 2. The Morgan fingerprint density at radius 1 is 0.900 bits per heavy atom. The van der Waals surface area contributed by atoms with Crippen molar-refractivity contribution in [1.82, 2.24) is 10.7 Å². The lowest BCUT2D eigenvalue weighted by atomic mass is 10.2. The first kappa shape index (κ1) is 21.4. The molecule has 2 amide bonds. The number of thiophene rings is 1. The highest BCUT2D eigenvalue weighted by atomic mass is 79.9. The second-order valence-corrected chi connectivity index (χ2v) is 7.93. The second-order valence-electron chi connectivity index (χ2n) is 6.03. The zero-order valence-electron chi connectivity index (χ0n) is 15.8. The van der Waals surface area contributed by atoms with Crippen LogP contribution in [0.25, 0.3) is 12.2 Å². The van der Waals surface area contributed by atoms with Crippen LogP contribution in [-0.2, 0) is 4.79 Å². The molecule has 0 saturated carbocycles. The van der Waals surface area contributed by atoms with Gasteiger partial charge in [-0.05, 0) is 57.2 Å². The molecule has 30 heavy (non-hydrogen) atoms. The fourth-order valence-electron chi connectivity index (χ4n) is 2.42. The molecule has 0 spiro atoms. The Morgan fingerprint density at radius 3 is 2.27 bits per heavy atom. The molecule has 0 aliphatic heterocycles. The Bertz CT molecular complexity index is 1080. The van der Waals surface area contributed by atoms with E-state index in [0.717, 1.165) is 10.4 Å². The highest BCUT2D eigenvalue weighted by Gasteiger charge is 2.14. The number of rotatable bonds is 7. The fraction of sp³-hybridized carbons (Fsp3) is 0. The lowest BCUT2D eigenvalue weighted by Gasteiger charge is -2.08. The Morgan fingerprint density at radius 2 is 1.60 bits per heavy atom. The van der Waals surface area contributed by atoms with E-state index in [2.05, 4.69) is 31.8 Å². The van der Waals surface area contributed by atoms with E-state index in [1.165, 1.54) is 17.6 Å². The smallest absolute Gasteiger partial charge is 0.287 e. The second kappa shape index (κ2) is 11.0. The number of hydrazone groups is 1. The molecule has 1 aromatic heterocycles. The summed E-state index contributed by atoms with van der Waals surface area (Å²) in [4.78, 5) is 26.0. The first-order chi connectivity index (χ1) is 14.6. The van der Waals surface area contributed by atoms with E-state index in [4.69, 9.17) is 0 Å². The van der Waals surface area contributed by atoms with Crippen LogP contribution in [0.15, 0.2) is 93.5 Å². The summed E-state index contributed by atoms with van der Waals surface area (Å²) >= 11 is 4.86. The van der Waals surface area contributed by atoms with Crippen LogP contribution in [0.5, 0.6) is 0 Å². The third kappa shape index (κ3) is 6.65. The summed E-state index contributed by atoms with van der Waals surface area (Å²) in [5.74, 6) is -0.897. The van der Waals surface area contributed by atoms with Crippen molar-refractivity contribution in [2.24, 2.45) is 5.10 Å². The van der Waals surface area contributed by atoms with Crippen LogP contribution in [0.4, 0.5) is 0 Å². The molecule has 0 unspecified atom stereocenters. The van der Waals surface area contributed by atoms with Gasteiger partial charge in [-0.1, -0.05) is 54.6 Å². The molecule has 2 aromatic carbocycles. The number of allylic oxidation sites excluding steroid dienone is 1. The topological polar surface area (TPSA) is 70.6 Å². The lowest BCUT2D eigenvalue weighted by molar-refractivity contribution is -0.117. The van der Waals surface area contributed by atoms with E-state index in [1.807, 2.05) is 60.0 Å². The van der Waals surface area contributed by atoms with Gasteiger partial charge in [0.25, 0.3) is 11.8 Å². The van der Waals surface area contributed by atoms with Crippen LogP contribution in [0.3, 0.4) is 0 Å². The summed E-state index contributed by atoms with van der Waals surface area (Å²) in [5.41, 5.74) is 4.01. The maximum atomic E-state index is 12.6. The highest BCUT2D eigenvalue weighted by Crippen LogP contribution is 2.13.